The fraction of sp³-hybridized carbons (Fsp3) is 0.0714. The largest absolute Gasteiger partial charge is 0.493 e. The Labute approximate surface area is 138 Å². The highest BCUT2D eigenvalue weighted by Crippen LogP contribution is 2.42. The number of fused-ring (bicyclic) bond motifs is 1. The van der Waals surface area contributed by atoms with Crippen LogP contribution in [-0.4, -0.2) is 16.5 Å². The first kappa shape index (κ1) is 14.6. The topological polar surface area (TPSA) is 26.5 Å². The standard InChI is InChI=1S/C14H8BrCl2FN2O/c1-21-14-9(18)5-8(16)13(17)12(14)7-2-3-20-6-10(15)19-11(20)4-7/h2-6H,1H3. The van der Waals surface area contributed by atoms with Gasteiger partial charge in [0.1, 0.15) is 10.3 Å². The van der Waals surface area contributed by atoms with Gasteiger partial charge < -0.3 is 9.14 Å². The second-order valence-corrected chi connectivity index (χ2v) is 5.90. The van der Waals surface area contributed by atoms with Gasteiger partial charge in [-0.1, -0.05) is 23.2 Å². The lowest BCUT2D eigenvalue weighted by molar-refractivity contribution is 0.388. The van der Waals surface area contributed by atoms with Crippen molar-refractivity contribution in [3.63, 3.8) is 0 Å². The molecule has 3 rings (SSSR count). The van der Waals surface area contributed by atoms with Gasteiger partial charge >= 0.3 is 0 Å². The van der Waals surface area contributed by atoms with Crippen molar-refractivity contribution in [1.82, 2.24) is 9.38 Å². The van der Waals surface area contributed by atoms with Crippen molar-refractivity contribution in [1.29, 1.82) is 0 Å². The van der Waals surface area contributed by atoms with Crippen LogP contribution in [-0.2, 0) is 0 Å². The molecule has 7 heteroatoms. The minimum atomic E-state index is -0.564. The molecule has 108 valence electrons. The third kappa shape index (κ3) is 2.50. The SMILES string of the molecule is COc1c(F)cc(Cl)c(Cl)c1-c1ccn2cc(Br)nc2c1. The van der Waals surface area contributed by atoms with E-state index in [1.54, 1.807) is 18.3 Å². The van der Waals surface area contributed by atoms with Gasteiger partial charge in [-0.2, -0.15) is 0 Å². The molecule has 0 bridgehead atoms. The van der Waals surface area contributed by atoms with E-state index < -0.39 is 5.82 Å². The Bertz CT molecular complexity index is 851. The van der Waals surface area contributed by atoms with Crippen molar-refractivity contribution in [2.24, 2.45) is 0 Å². The summed E-state index contributed by atoms with van der Waals surface area (Å²) in [6, 6.07) is 4.71. The molecule has 0 N–H and O–H groups in total. The Hall–Kier alpha value is -1.30. The van der Waals surface area contributed by atoms with Crippen molar-refractivity contribution in [3.05, 3.63) is 51.1 Å². The van der Waals surface area contributed by atoms with E-state index in [0.717, 1.165) is 6.07 Å². The van der Waals surface area contributed by atoms with Crippen molar-refractivity contribution in [3.8, 4) is 16.9 Å². The molecule has 0 amide bonds. The maximum Gasteiger partial charge on any atom is 0.167 e. The number of imidazole rings is 1. The molecule has 0 aliphatic carbocycles. The summed E-state index contributed by atoms with van der Waals surface area (Å²) in [5.74, 6) is -0.509. The van der Waals surface area contributed by atoms with Crippen LogP contribution in [0.25, 0.3) is 16.8 Å². The molecule has 3 nitrogen and oxygen atoms in total. The first-order chi connectivity index (χ1) is 10.0. The molecular formula is C14H8BrCl2FN2O. The van der Waals surface area contributed by atoms with Crippen molar-refractivity contribution in [2.75, 3.05) is 7.11 Å². The average molecular weight is 390 g/mol. The van der Waals surface area contributed by atoms with Gasteiger partial charge in [-0.25, -0.2) is 9.37 Å². The van der Waals surface area contributed by atoms with Gasteiger partial charge in [-0.05, 0) is 39.7 Å². The number of methoxy groups -OCH3 is 1. The molecular weight excluding hydrogens is 382 g/mol. The Balaban J connectivity index is 2.30. The zero-order valence-corrected chi connectivity index (χ0v) is 13.8. The van der Waals surface area contributed by atoms with Crippen LogP contribution in [0, 0.1) is 5.82 Å². The highest BCUT2D eigenvalue weighted by atomic mass is 79.9. The molecule has 21 heavy (non-hydrogen) atoms. The van der Waals surface area contributed by atoms with Crippen molar-refractivity contribution in [2.45, 2.75) is 0 Å². The van der Waals surface area contributed by atoms with Gasteiger partial charge in [0.2, 0.25) is 0 Å². The van der Waals surface area contributed by atoms with Gasteiger partial charge in [0, 0.05) is 18.0 Å². The number of rotatable bonds is 2. The van der Waals surface area contributed by atoms with E-state index in [1.165, 1.54) is 7.11 Å². The van der Waals surface area contributed by atoms with Crippen LogP contribution in [0.15, 0.2) is 35.2 Å². The number of halogens is 4. The number of hydrogen-bond donors (Lipinski definition) is 0. The summed E-state index contributed by atoms with van der Waals surface area (Å²) in [5, 5.41) is 0.374. The number of aromatic nitrogens is 2. The van der Waals surface area contributed by atoms with Gasteiger partial charge in [0.15, 0.2) is 11.6 Å². The van der Waals surface area contributed by atoms with Crippen LogP contribution < -0.4 is 4.74 Å². The lowest BCUT2D eigenvalue weighted by Gasteiger charge is -2.13. The summed E-state index contributed by atoms with van der Waals surface area (Å²) in [5.41, 5.74) is 1.77. The van der Waals surface area contributed by atoms with E-state index in [-0.39, 0.29) is 15.8 Å². The second-order valence-electron chi connectivity index (χ2n) is 4.31. The molecule has 0 saturated heterocycles. The molecule has 2 aromatic heterocycles. The Morgan fingerprint density at radius 1 is 1.33 bits per heavy atom. The highest BCUT2D eigenvalue weighted by Gasteiger charge is 2.19. The van der Waals surface area contributed by atoms with E-state index in [2.05, 4.69) is 20.9 Å². The normalized spacial score (nSPS) is 11.1. The molecule has 1 aromatic carbocycles. The summed E-state index contributed by atoms with van der Waals surface area (Å²) in [4.78, 5) is 4.30. The molecule has 0 fully saturated rings. The molecule has 0 unspecified atom stereocenters. The molecule has 0 saturated carbocycles. The third-order valence-corrected chi connectivity index (χ3v) is 4.22. The maximum absolute atomic E-state index is 14.0. The van der Waals surface area contributed by atoms with E-state index >= 15 is 0 Å². The lowest BCUT2D eigenvalue weighted by atomic mass is 10.1. The zero-order valence-electron chi connectivity index (χ0n) is 10.7. The quantitative estimate of drug-likeness (QED) is 0.562. The van der Waals surface area contributed by atoms with Crippen LogP contribution in [0.5, 0.6) is 5.75 Å². The number of hydrogen-bond acceptors (Lipinski definition) is 2. The number of nitrogens with zero attached hydrogens (tertiary/aromatic N) is 2. The maximum atomic E-state index is 14.0. The van der Waals surface area contributed by atoms with Gasteiger partial charge in [0.25, 0.3) is 0 Å². The van der Waals surface area contributed by atoms with Crippen molar-refractivity contribution >= 4 is 44.8 Å². The molecule has 0 aliphatic heterocycles. The molecule has 0 aliphatic rings. The van der Waals surface area contributed by atoms with E-state index in [9.17, 15) is 4.39 Å². The molecule has 0 atom stereocenters. The lowest BCUT2D eigenvalue weighted by Crippen LogP contribution is -1.95. The minimum absolute atomic E-state index is 0.0550. The second kappa shape index (κ2) is 5.48. The number of benzene rings is 1. The highest BCUT2D eigenvalue weighted by molar-refractivity contribution is 9.10. The fourth-order valence-corrected chi connectivity index (χ4v) is 2.98. The fourth-order valence-electron chi connectivity index (χ4n) is 2.14. The Morgan fingerprint density at radius 3 is 2.81 bits per heavy atom. The van der Waals surface area contributed by atoms with Crippen LogP contribution in [0.2, 0.25) is 10.0 Å². The van der Waals surface area contributed by atoms with Crippen LogP contribution in [0.4, 0.5) is 4.39 Å². The first-order valence-electron chi connectivity index (χ1n) is 5.87. The number of ether oxygens (including phenoxy) is 1. The Morgan fingerprint density at radius 2 is 2.10 bits per heavy atom. The van der Waals surface area contributed by atoms with E-state index in [4.69, 9.17) is 27.9 Å². The van der Waals surface area contributed by atoms with Crippen LogP contribution >= 0.6 is 39.1 Å². The molecule has 2 heterocycles. The predicted octanol–water partition coefficient (Wildman–Crippen LogP) is 5.22. The zero-order chi connectivity index (χ0) is 15.1. The summed E-state index contributed by atoms with van der Waals surface area (Å²) in [6.07, 6.45) is 3.62. The first-order valence-corrected chi connectivity index (χ1v) is 7.42. The third-order valence-electron chi connectivity index (χ3n) is 3.05. The minimum Gasteiger partial charge on any atom is -0.493 e. The summed E-state index contributed by atoms with van der Waals surface area (Å²) in [7, 11) is 1.39. The van der Waals surface area contributed by atoms with Crippen LogP contribution in [0.3, 0.4) is 0 Å². The molecule has 3 aromatic rings. The predicted molar refractivity (Wildman–Crippen MR) is 84.9 cm³/mol. The summed E-state index contributed by atoms with van der Waals surface area (Å²) in [6.45, 7) is 0. The average Bonchev–Trinajstić information content (AvgIpc) is 2.81. The van der Waals surface area contributed by atoms with Gasteiger partial charge in [-0.15, -0.1) is 0 Å². The van der Waals surface area contributed by atoms with Gasteiger partial charge in [-0.3, -0.25) is 0 Å². The van der Waals surface area contributed by atoms with Gasteiger partial charge in [0.05, 0.1) is 17.2 Å². The van der Waals surface area contributed by atoms with Crippen LogP contribution in [0.1, 0.15) is 0 Å². The molecule has 0 spiro atoms. The van der Waals surface area contributed by atoms with E-state index in [0.29, 0.717) is 21.4 Å². The number of pyridine rings is 1. The van der Waals surface area contributed by atoms with Crippen molar-refractivity contribution < 1.29 is 9.13 Å². The Kier molecular flexibility index (Phi) is 3.82. The summed E-state index contributed by atoms with van der Waals surface area (Å²) < 4.78 is 21.7. The van der Waals surface area contributed by atoms with E-state index in [1.807, 2.05) is 10.6 Å². The monoisotopic (exact) mass is 388 g/mol. The summed E-state index contributed by atoms with van der Waals surface area (Å²) >= 11 is 15.5. The molecule has 0 radical (unpaired) electrons. The smallest absolute Gasteiger partial charge is 0.167 e.